The molecular weight excluding hydrogens is 224 g/mol. The number of hydrogen-bond donors (Lipinski definition) is 0. The van der Waals surface area contributed by atoms with E-state index in [1.54, 1.807) is 0 Å². The number of aryl methyl sites for hydroxylation is 2. The molecule has 1 aromatic heterocycles. The zero-order chi connectivity index (χ0) is 11.7. The van der Waals surface area contributed by atoms with Gasteiger partial charge >= 0.3 is 0 Å². The van der Waals surface area contributed by atoms with E-state index in [9.17, 15) is 0 Å². The second-order valence-electron chi connectivity index (χ2n) is 4.30. The predicted octanol–water partition coefficient (Wildman–Crippen LogP) is 1.50. The average Bonchev–Trinajstić information content (AvgIpc) is 2.25. The average molecular weight is 241 g/mol. The lowest BCUT2D eigenvalue weighted by molar-refractivity contribution is 0.312. The van der Waals surface area contributed by atoms with E-state index in [-0.39, 0.29) is 0 Å². The van der Waals surface area contributed by atoms with Gasteiger partial charge in [0, 0.05) is 26.2 Å². The molecule has 0 atom stereocenters. The predicted molar refractivity (Wildman–Crippen MR) is 66.2 cm³/mol. The maximum absolute atomic E-state index is 6.14. The van der Waals surface area contributed by atoms with Crippen LogP contribution < -0.4 is 4.90 Å². The minimum Gasteiger partial charge on any atom is -0.351 e. The molecule has 0 unspecified atom stereocenters. The molecule has 0 bridgehead atoms. The van der Waals surface area contributed by atoms with Crippen molar-refractivity contribution in [2.24, 2.45) is 0 Å². The van der Waals surface area contributed by atoms with Crippen LogP contribution in [0.3, 0.4) is 0 Å². The Labute approximate surface area is 101 Å². The molecule has 2 rings (SSSR count). The number of hydrogen-bond acceptors (Lipinski definition) is 4. The maximum atomic E-state index is 6.14. The lowest BCUT2D eigenvalue weighted by Gasteiger charge is -2.33. The highest BCUT2D eigenvalue weighted by Gasteiger charge is 2.19. The number of piperazine rings is 1. The fraction of sp³-hybridized carbons (Fsp3) is 0.636. The van der Waals surface area contributed by atoms with Crippen molar-refractivity contribution < 1.29 is 0 Å². The molecule has 0 radical (unpaired) electrons. The second-order valence-corrected chi connectivity index (χ2v) is 4.66. The van der Waals surface area contributed by atoms with E-state index in [0.29, 0.717) is 5.15 Å². The van der Waals surface area contributed by atoms with Crippen molar-refractivity contribution in [2.45, 2.75) is 13.8 Å². The molecule has 0 aliphatic carbocycles. The summed E-state index contributed by atoms with van der Waals surface area (Å²) < 4.78 is 0. The summed E-state index contributed by atoms with van der Waals surface area (Å²) in [5, 5.41) is 0.521. The van der Waals surface area contributed by atoms with E-state index >= 15 is 0 Å². The van der Waals surface area contributed by atoms with Gasteiger partial charge in [0.05, 0.1) is 11.4 Å². The number of likely N-dealkylation sites (N-methyl/N-ethyl adjacent to an activating group) is 1. The Morgan fingerprint density at radius 3 is 2.19 bits per heavy atom. The van der Waals surface area contributed by atoms with Crippen LogP contribution >= 0.6 is 11.6 Å². The van der Waals surface area contributed by atoms with Gasteiger partial charge in [-0.15, -0.1) is 0 Å². The monoisotopic (exact) mass is 240 g/mol. The highest BCUT2D eigenvalue weighted by atomic mass is 35.5. The Morgan fingerprint density at radius 2 is 1.56 bits per heavy atom. The summed E-state index contributed by atoms with van der Waals surface area (Å²) in [7, 11) is 2.13. The standard InChI is InChI=1S/C11H17ClN4/c1-8-9(2)14-11(10(12)13-8)16-6-4-15(3)5-7-16/h4-7H2,1-3H3. The molecule has 16 heavy (non-hydrogen) atoms. The van der Waals surface area contributed by atoms with Gasteiger partial charge in [0.15, 0.2) is 11.0 Å². The Kier molecular flexibility index (Phi) is 3.30. The quantitative estimate of drug-likeness (QED) is 0.745. The van der Waals surface area contributed by atoms with Gasteiger partial charge in [-0.3, -0.25) is 0 Å². The maximum Gasteiger partial charge on any atom is 0.171 e. The van der Waals surface area contributed by atoms with Gasteiger partial charge in [-0.2, -0.15) is 0 Å². The summed E-state index contributed by atoms with van der Waals surface area (Å²) in [4.78, 5) is 13.4. The fourth-order valence-corrected chi connectivity index (χ4v) is 2.07. The molecule has 1 saturated heterocycles. The minimum absolute atomic E-state index is 0.521. The smallest absolute Gasteiger partial charge is 0.171 e. The van der Waals surface area contributed by atoms with Crippen molar-refractivity contribution in [3.8, 4) is 0 Å². The van der Waals surface area contributed by atoms with Crippen LogP contribution in [0.15, 0.2) is 0 Å². The summed E-state index contributed by atoms with van der Waals surface area (Å²) in [5.41, 5.74) is 1.86. The van der Waals surface area contributed by atoms with Gasteiger partial charge in [0.1, 0.15) is 0 Å². The molecule has 0 saturated carbocycles. The zero-order valence-electron chi connectivity index (χ0n) is 10.00. The van der Waals surface area contributed by atoms with E-state index in [4.69, 9.17) is 11.6 Å². The van der Waals surface area contributed by atoms with Crippen molar-refractivity contribution in [2.75, 3.05) is 38.1 Å². The van der Waals surface area contributed by atoms with Gasteiger partial charge in [0.2, 0.25) is 0 Å². The first-order valence-electron chi connectivity index (χ1n) is 5.52. The SMILES string of the molecule is Cc1nc(Cl)c(N2CCN(C)CC2)nc1C. The molecule has 0 aromatic carbocycles. The molecule has 1 aromatic rings. The second kappa shape index (κ2) is 4.55. The van der Waals surface area contributed by atoms with Crippen LogP contribution in [0.5, 0.6) is 0 Å². The third kappa shape index (κ3) is 2.28. The van der Waals surface area contributed by atoms with Crippen LogP contribution in [-0.2, 0) is 0 Å². The van der Waals surface area contributed by atoms with E-state index in [0.717, 1.165) is 43.4 Å². The van der Waals surface area contributed by atoms with Crippen molar-refractivity contribution in [3.63, 3.8) is 0 Å². The number of anilines is 1. The Bertz CT molecular complexity index is 386. The van der Waals surface area contributed by atoms with E-state index in [1.165, 1.54) is 0 Å². The Hall–Kier alpha value is -0.870. The first-order chi connectivity index (χ1) is 7.58. The topological polar surface area (TPSA) is 32.3 Å². The number of nitrogens with zero attached hydrogens (tertiary/aromatic N) is 4. The first-order valence-corrected chi connectivity index (χ1v) is 5.90. The van der Waals surface area contributed by atoms with E-state index < -0.39 is 0 Å². The van der Waals surface area contributed by atoms with E-state index in [1.807, 2.05) is 13.8 Å². The van der Waals surface area contributed by atoms with Crippen molar-refractivity contribution in [1.82, 2.24) is 14.9 Å². The van der Waals surface area contributed by atoms with Crippen LogP contribution in [-0.4, -0.2) is 48.1 Å². The third-order valence-electron chi connectivity index (χ3n) is 3.05. The lowest BCUT2D eigenvalue weighted by atomic mass is 10.3. The molecule has 0 amide bonds. The molecule has 1 fully saturated rings. The van der Waals surface area contributed by atoms with Gasteiger partial charge in [-0.25, -0.2) is 9.97 Å². The molecular formula is C11H17ClN4. The van der Waals surface area contributed by atoms with Crippen LogP contribution in [0, 0.1) is 13.8 Å². The number of rotatable bonds is 1. The zero-order valence-corrected chi connectivity index (χ0v) is 10.8. The minimum atomic E-state index is 0.521. The van der Waals surface area contributed by atoms with Crippen LogP contribution in [0.4, 0.5) is 5.82 Å². The molecule has 4 nitrogen and oxygen atoms in total. The van der Waals surface area contributed by atoms with Crippen molar-refractivity contribution in [3.05, 3.63) is 16.5 Å². The summed E-state index contributed by atoms with van der Waals surface area (Å²) in [6.45, 7) is 7.93. The first kappa shape index (κ1) is 11.6. The van der Waals surface area contributed by atoms with Crippen LogP contribution in [0.2, 0.25) is 5.15 Å². The van der Waals surface area contributed by atoms with Crippen molar-refractivity contribution in [1.29, 1.82) is 0 Å². The highest BCUT2D eigenvalue weighted by molar-refractivity contribution is 6.31. The highest BCUT2D eigenvalue weighted by Crippen LogP contribution is 2.23. The van der Waals surface area contributed by atoms with Gasteiger partial charge in [-0.05, 0) is 20.9 Å². The fourth-order valence-electron chi connectivity index (χ4n) is 1.78. The Morgan fingerprint density at radius 1 is 1.00 bits per heavy atom. The van der Waals surface area contributed by atoms with Gasteiger partial charge in [-0.1, -0.05) is 11.6 Å². The normalized spacial score (nSPS) is 17.9. The van der Waals surface area contributed by atoms with Crippen LogP contribution in [0.25, 0.3) is 0 Å². The molecule has 1 aliphatic heterocycles. The molecule has 0 spiro atoms. The largest absolute Gasteiger partial charge is 0.351 e. The molecule has 88 valence electrons. The van der Waals surface area contributed by atoms with Crippen molar-refractivity contribution >= 4 is 17.4 Å². The molecule has 5 heteroatoms. The summed E-state index contributed by atoms with van der Waals surface area (Å²) in [5.74, 6) is 0.831. The summed E-state index contributed by atoms with van der Waals surface area (Å²) >= 11 is 6.14. The van der Waals surface area contributed by atoms with E-state index in [2.05, 4.69) is 26.8 Å². The third-order valence-corrected chi connectivity index (χ3v) is 3.30. The number of halogens is 1. The van der Waals surface area contributed by atoms with Gasteiger partial charge in [0.25, 0.3) is 0 Å². The van der Waals surface area contributed by atoms with Crippen LogP contribution in [0.1, 0.15) is 11.4 Å². The summed E-state index contributed by atoms with van der Waals surface area (Å²) in [6.07, 6.45) is 0. The molecule has 0 N–H and O–H groups in total. The summed E-state index contributed by atoms with van der Waals surface area (Å²) in [6, 6.07) is 0. The lowest BCUT2D eigenvalue weighted by Crippen LogP contribution is -2.45. The molecule has 2 heterocycles. The van der Waals surface area contributed by atoms with Gasteiger partial charge < -0.3 is 9.80 Å². The Balaban J connectivity index is 2.23. The molecule has 1 aliphatic rings. The number of aromatic nitrogens is 2.